The number of oxazole rings is 1. The van der Waals surface area contributed by atoms with Crippen LogP contribution in [0.5, 0.6) is 0 Å². The molecule has 0 unspecified atom stereocenters. The first-order valence-electron chi connectivity index (χ1n) is 9.67. The lowest BCUT2D eigenvalue weighted by molar-refractivity contribution is -0.131. The monoisotopic (exact) mass is 403 g/mol. The summed E-state index contributed by atoms with van der Waals surface area (Å²) in [5, 5.41) is 2.86. The molecule has 0 bridgehead atoms. The third kappa shape index (κ3) is 6.41. The minimum atomic E-state index is -0.259. The van der Waals surface area contributed by atoms with E-state index in [1.54, 1.807) is 4.90 Å². The van der Waals surface area contributed by atoms with Gasteiger partial charge in [-0.2, -0.15) is 0 Å². The average Bonchev–Trinajstić information content (AvgIpc) is 3.19. The van der Waals surface area contributed by atoms with Gasteiger partial charge in [0.05, 0.1) is 12.3 Å². The summed E-state index contributed by atoms with van der Waals surface area (Å²) in [7, 11) is 0. The fraction of sp³-hybridized carbons (Fsp3) is 0.476. The zero-order chi connectivity index (χ0) is 20.5. The molecule has 0 radical (unpaired) electrons. The fourth-order valence-corrected chi connectivity index (χ4v) is 3.29. The van der Waals surface area contributed by atoms with Crippen molar-refractivity contribution >= 4 is 23.6 Å². The molecule has 1 heterocycles. The second-order valence-corrected chi connectivity index (χ2v) is 7.84. The zero-order valence-corrected chi connectivity index (χ0v) is 17.8. The summed E-state index contributed by atoms with van der Waals surface area (Å²) in [6, 6.07) is 9.96. The molecule has 0 spiro atoms. The van der Waals surface area contributed by atoms with Gasteiger partial charge >= 0.3 is 0 Å². The molecule has 152 valence electrons. The predicted molar refractivity (Wildman–Crippen MR) is 111 cm³/mol. The van der Waals surface area contributed by atoms with E-state index in [1.165, 1.54) is 18.0 Å². The molecule has 0 aliphatic carbocycles. The van der Waals surface area contributed by atoms with Gasteiger partial charge in [0.15, 0.2) is 5.69 Å². The van der Waals surface area contributed by atoms with Crippen LogP contribution in [0.3, 0.4) is 0 Å². The number of carbonyl (C=O) groups excluding carboxylic acids is 2. The molecule has 1 aromatic heterocycles. The largest absolute Gasteiger partial charge is 0.446 e. The highest BCUT2D eigenvalue weighted by Gasteiger charge is 2.22. The van der Waals surface area contributed by atoms with Crippen LogP contribution in [0.2, 0.25) is 0 Å². The van der Waals surface area contributed by atoms with Crippen LogP contribution in [-0.4, -0.2) is 39.5 Å². The normalized spacial score (nSPS) is 13.0. The van der Waals surface area contributed by atoms with Gasteiger partial charge in [0, 0.05) is 17.0 Å². The summed E-state index contributed by atoms with van der Waals surface area (Å²) in [6.45, 7) is 8.23. The Morgan fingerprint density at radius 1 is 1.18 bits per heavy atom. The molecule has 0 fully saturated rings. The van der Waals surface area contributed by atoms with Crippen molar-refractivity contribution in [2.45, 2.75) is 64.1 Å². The van der Waals surface area contributed by atoms with Gasteiger partial charge in [-0.1, -0.05) is 32.0 Å². The number of hydrogen-bond donors (Lipinski definition) is 1. The number of nitrogens with one attached hydrogen (secondary N) is 1. The lowest BCUT2D eigenvalue weighted by Gasteiger charge is -2.27. The zero-order valence-electron chi connectivity index (χ0n) is 17.0. The molecule has 7 heteroatoms. The van der Waals surface area contributed by atoms with E-state index < -0.39 is 0 Å². The number of hydrogen-bond acceptors (Lipinski definition) is 5. The molecule has 0 saturated heterocycles. The molecule has 2 aromatic rings. The molecule has 2 amide bonds. The van der Waals surface area contributed by atoms with Crippen molar-refractivity contribution in [2.24, 2.45) is 0 Å². The van der Waals surface area contributed by atoms with Gasteiger partial charge in [-0.3, -0.25) is 9.59 Å². The second kappa shape index (κ2) is 10.9. The van der Waals surface area contributed by atoms with E-state index >= 15 is 0 Å². The highest BCUT2D eigenvalue weighted by Crippen LogP contribution is 2.19. The van der Waals surface area contributed by atoms with E-state index in [0.29, 0.717) is 11.6 Å². The average molecular weight is 404 g/mol. The number of amides is 2. The SMILES string of the molecule is CC[C@H](C)NC(=O)c1coc(CN(C(=O)CSc2ccccc2)[C@@H](C)CC)n1. The molecular formula is C21H29N3O3S. The maximum absolute atomic E-state index is 12.8. The van der Waals surface area contributed by atoms with E-state index in [0.717, 1.165) is 17.7 Å². The van der Waals surface area contributed by atoms with Crippen molar-refractivity contribution in [2.75, 3.05) is 5.75 Å². The minimum absolute atomic E-state index is 0.0204. The van der Waals surface area contributed by atoms with Gasteiger partial charge in [-0.15, -0.1) is 11.8 Å². The Hall–Kier alpha value is -2.28. The smallest absolute Gasteiger partial charge is 0.273 e. The lowest BCUT2D eigenvalue weighted by atomic mass is 10.2. The topological polar surface area (TPSA) is 75.4 Å². The van der Waals surface area contributed by atoms with Crippen LogP contribution in [0.1, 0.15) is 56.9 Å². The first-order chi connectivity index (χ1) is 13.4. The van der Waals surface area contributed by atoms with E-state index in [4.69, 9.17) is 4.42 Å². The molecule has 0 saturated carbocycles. The van der Waals surface area contributed by atoms with Crippen LogP contribution >= 0.6 is 11.8 Å². The first-order valence-corrected chi connectivity index (χ1v) is 10.7. The van der Waals surface area contributed by atoms with Crippen LogP contribution in [0.4, 0.5) is 0 Å². The summed E-state index contributed by atoms with van der Waals surface area (Å²) < 4.78 is 5.47. The van der Waals surface area contributed by atoms with Crippen LogP contribution in [0.25, 0.3) is 0 Å². The molecular weight excluding hydrogens is 374 g/mol. The van der Waals surface area contributed by atoms with Gasteiger partial charge in [0.25, 0.3) is 5.91 Å². The van der Waals surface area contributed by atoms with E-state index in [-0.39, 0.29) is 36.1 Å². The van der Waals surface area contributed by atoms with Gasteiger partial charge in [-0.05, 0) is 38.8 Å². The van der Waals surface area contributed by atoms with Gasteiger partial charge < -0.3 is 14.6 Å². The fourth-order valence-electron chi connectivity index (χ4n) is 2.49. The quantitative estimate of drug-likeness (QED) is 0.604. The molecule has 0 aliphatic heterocycles. The number of nitrogens with zero attached hydrogens (tertiary/aromatic N) is 2. The number of rotatable bonds is 10. The highest BCUT2D eigenvalue weighted by atomic mass is 32.2. The first kappa shape index (κ1) is 22.0. The third-order valence-electron chi connectivity index (χ3n) is 4.63. The Kier molecular flexibility index (Phi) is 8.57. The summed E-state index contributed by atoms with van der Waals surface area (Å²) >= 11 is 1.51. The van der Waals surface area contributed by atoms with Crippen LogP contribution in [-0.2, 0) is 11.3 Å². The summed E-state index contributed by atoms with van der Waals surface area (Å²) in [6.07, 6.45) is 3.01. The minimum Gasteiger partial charge on any atom is -0.446 e. The maximum Gasteiger partial charge on any atom is 0.273 e. The van der Waals surface area contributed by atoms with Gasteiger partial charge in [0.2, 0.25) is 11.8 Å². The second-order valence-electron chi connectivity index (χ2n) is 6.79. The van der Waals surface area contributed by atoms with Gasteiger partial charge in [-0.25, -0.2) is 4.98 Å². The van der Waals surface area contributed by atoms with Crippen LogP contribution in [0.15, 0.2) is 45.9 Å². The Bertz CT molecular complexity index is 763. The Morgan fingerprint density at radius 3 is 2.54 bits per heavy atom. The van der Waals surface area contributed by atoms with Crippen molar-refractivity contribution in [1.82, 2.24) is 15.2 Å². The third-order valence-corrected chi connectivity index (χ3v) is 5.63. The Labute approximate surface area is 171 Å². The molecule has 1 aromatic carbocycles. The number of thioether (sulfide) groups is 1. The molecule has 28 heavy (non-hydrogen) atoms. The lowest BCUT2D eigenvalue weighted by Crippen LogP contribution is -2.39. The molecule has 2 rings (SSSR count). The van der Waals surface area contributed by atoms with Crippen molar-refractivity contribution in [3.63, 3.8) is 0 Å². The molecule has 6 nitrogen and oxygen atoms in total. The van der Waals surface area contributed by atoms with Gasteiger partial charge in [0.1, 0.15) is 6.26 Å². The standard InChI is InChI=1S/C21H29N3O3S/c1-5-15(3)22-21(26)18-13-27-19(23-18)12-24(16(4)6-2)20(25)14-28-17-10-8-7-9-11-17/h7-11,13,15-16H,5-6,12,14H2,1-4H3,(H,22,26)/t15-,16-/m0/s1. The van der Waals surface area contributed by atoms with E-state index in [2.05, 4.69) is 10.3 Å². The summed E-state index contributed by atoms with van der Waals surface area (Å²) in [5.41, 5.74) is 0.241. The Morgan fingerprint density at radius 2 is 1.89 bits per heavy atom. The van der Waals surface area contributed by atoms with Crippen LogP contribution in [0, 0.1) is 0 Å². The van der Waals surface area contributed by atoms with Crippen LogP contribution < -0.4 is 5.32 Å². The molecule has 2 atom stereocenters. The Balaban J connectivity index is 2.01. The number of benzene rings is 1. The maximum atomic E-state index is 12.8. The highest BCUT2D eigenvalue weighted by molar-refractivity contribution is 8.00. The predicted octanol–water partition coefficient (Wildman–Crippen LogP) is 4.12. The summed E-state index contributed by atoms with van der Waals surface area (Å²) in [4.78, 5) is 32.1. The number of carbonyl (C=O) groups is 2. The van der Waals surface area contributed by atoms with E-state index in [9.17, 15) is 9.59 Å². The van der Waals surface area contributed by atoms with Crippen molar-refractivity contribution in [1.29, 1.82) is 0 Å². The molecule has 0 aliphatic rings. The number of aromatic nitrogens is 1. The van der Waals surface area contributed by atoms with Crippen molar-refractivity contribution in [3.8, 4) is 0 Å². The summed E-state index contributed by atoms with van der Waals surface area (Å²) in [5.74, 6) is 0.473. The van der Waals surface area contributed by atoms with E-state index in [1.807, 2.05) is 58.0 Å². The molecule has 1 N–H and O–H groups in total. The van der Waals surface area contributed by atoms with Crippen molar-refractivity contribution < 1.29 is 14.0 Å². The van der Waals surface area contributed by atoms with Crippen molar-refractivity contribution in [3.05, 3.63) is 48.2 Å².